The number of aryl methyl sites for hydroxylation is 1. The molecule has 2 atom stereocenters. The van der Waals surface area contributed by atoms with Gasteiger partial charge in [0.05, 0.1) is 12.7 Å². The van der Waals surface area contributed by atoms with Crippen LogP contribution in [0.15, 0.2) is 72.9 Å². The molecule has 0 unspecified atom stereocenters. The molecule has 182 valence electrons. The second kappa shape index (κ2) is 11.6. The number of nitrogens with zero attached hydrogens (tertiary/aromatic N) is 2. The van der Waals surface area contributed by atoms with E-state index in [4.69, 9.17) is 4.74 Å². The molecule has 1 aromatic heterocycles. The van der Waals surface area contributed by atoms with Crippen LogP contribution >= 0.6 is 0 Å². The van der Waals surface area contributed by atoms with Crippen LogP contribution in [0, 0.1) is 6.92 Å². The van der Waals surface area contributed by atoms with Crippen molar-refractivity contribution in [1.82, 2.24) is 15.2 Å². The molecule has 2 amide bonds. The Hall–Kier alpha value is -3.71. The number of likely N-dealkylation sites (tertiary alicyclic amines) is 1. The summed E-state index contributed by atoms with van der Waals surface area (Å²) in [6, 6.07) is 21.1. The van der Waals surface area contributed by atoms with Crippen molar-refractivity contribution in [3.63, 3.8) is 0 Å². The van der Waals surface area contributed by atoms with Crippen LogP contribution in [0.2, 0.25) is 0 Å². The molecule has 2 heterocycles. The monoisotopic (exact) mass is 472 g/mol. The van der Waals surface area contributed by atoms with E-state index in [9.17, 15) is 9.59 Å². The highest BCUT2D eigenvalue weighted by Gasteiger charge is 2.26. The summed E-state index contributed by atoms with van der Waals surface area (Å²) < 4.78 is 5.95. The van der Waals surface area contributed by atoms with Gasteiger partial charge in [-0.2, -0.15) is 0 Å². The quantitative estimate of drug-likeness (QED) is 0.494. The first-order chi connectivity index (χ1) is 17.0. The maximum atomic E-state index is 13.2. The van der Waals surface area contributed by atoms with Crippen molar-refractivity contribution in [2.75, 3.05) is 25.0 Å². The number of pyridine rings is 1. The standard InChI is InChI=1S/C28H32N4O3/c1-20-8-10-22(11-9-20)14-16-29-27(23-6-4-3-5-7-23)28(34)31-26-13-12-24(18-30-26)35-25-15-17-32(19-25)21(2)33/h3-13,18,25,27,29H,14-17,19H2,1-2H3,(H,30,31,34)/t25-,27+/m1/s1. The summed E-state index contributed by atoms with van der Waals surface area (Å²) in [5.74, 6) is 0.969. The summed E-state index contributed by atoms with van der Waals surface area (Å²) in [5, 5.41) is 6.31. The third kappa shape index (κ3) is 6.90. The van der Waals surface area contributed by atoms with Crippen LogP contribution in [0.25, 0.3) is 0 Å². The zero-order valence-corrected chi connectivity index (χ0v) is 20.2. The van der Waals surface area contributed by atoms with Gasteiger partial charge < -0.3 is 20.3 Å². The summed E-state index contributed by atoms with van der Waals surface area (Å²) in [5.41, 5.74) is 3.35. The molecular formula is C28H32N4O3. The fourth-order valence-electron chi connectivity index (χ4n) is 4.15. The van der Waals surface area contributed by atoms with Gasteiger partial charge in [-0.15, -0.1) is 0 Å². The van der Waals surface area contributed by atoms with Crippen molar-refractivity contribution >= 4 is 17.6 Å². The van der Waals surface area contributed by atoms with Crippen molar-refractivity contribution in [2.45, 2.75) is 38.8 Å². The molecule has 3 aromatic rings. The molecule has 0 bridgehead atoms. The van der Waals surface area contributed by atoms with Crippen molar-refractivity contribution < 1.29 is 14.3 Å². The van der Waals surface area contributed by atoms with Gasteiger partial charge >= 0.3 is 0 Å². The number of nitrogens with one attached hydrogen (secondary N) is 2. The highest BCUT2D eigenvalue weighted by Crippen LogP contribution is 2.20. The Kier molecular flexibility index (Phi) is 8.11. The Morgan fingerprint density at radius 3 is 2.51 bits per heavy atom. The Balaban J connectivity index is 1.35. The predicted octanol–water partition coefficient (Wildman–Crippen LogP) is 3.90. The fraction of sp³-hybridized carbons (Fsp3) is 0.321. The van der Waals surface area contributed by atoms with Crippen molar-refractivity contribution in [3.05, 3.63) is 89.6 Å². The van der Waals surface area contributed by atoms with Gasteiger partial charge in [0.15, 0.2) is 0 Å². The topological polar surface area (TPSA) is 83.6 Å². The lowest BCUT2D eigenvalue weighted by molar-refractivity contribution is -0.128. The second-order valence-electron chi connectivity index (χ2n) is 8.90. The summed E-state index contributed by atoms with van der Waals surface area (Å²) in [6.45, 7) is 5.60. The number of hydrogen-bond donors (Lipinski definition) is 2. The molecular weight excluding hydrogens is 440 g/mol. The van der Waals surface area contributed by atoms with Crippen LogP contribution in [0.1, 0.15) is 36.1 Å². The van der Waals surface area contributed by atoms with Crippen LogP contribution in [0.4, 0.5) is 5.82 Å². The third-order valence-electron chi connectivity index (χ3n) is 6.16. The molecule has 0 aliphatic carbocycles. The Bertz CT molecular complexity index is 1120. The Morgan fingerprint density at radius 2 is 1.86 bits per heavy atom. The van der Waals surface area contributed by atoms with Gasteiger partial charge in [-0.1, -0.05) is 60.2 Å². The molecule has 1 fully saturated rings. The van der Waals surface area contributed by atoms with Gasteiger partial charge in [0.1, 0.15) is 23.7 Å². The van der Waals surface area contributed by atoms with E-state index in [2.05, 4.69) is 46.8 Å². The molecule has 0 saturated carbocycles. The molecule has 4 rings (SSSR count). The number of rotatable bonds is 9. The number of aromatic nitrogens is 1. The number of benzene rings is 2. The number of carbonyl (C=O) groups is 2. The fourth-order valence-corrected chi connectivity index (χ4v) is 4.15. The highest BCUT2D eigenvalue weighted by atomic mass is 16.5. The lowest BCUT2D eigenvalue weighted by atomic mass is 10.1. The van der Waals surface area contributed by atoms with E-state index in [0.29, 0.717) is 31.2 Å². The lowest BCUT2D eigenvalue weighted by Crippen LogP contribution is -2.34. The normalized spacial score (nSPS) is 16.1. The summed E-state index contributed by atoms with van der Waals surface area (Å²) in [6.07, 6.45) is 3.18. The summed E-state index contributed by atoms with van der Waals surface area (Å²) in [4.78, 5) is 30.8. The van der Waals surface area contributed by atoms with Crippen LogP contribution in [-0.2, 0) is 16.0 Å². The van der Waals surface area contributed by atoms with Crippen molar-refractivity contribution in [2.24, 2.45) is 0 Å². The minimum atomic E-state index is -0.504. The largest absolute Gasteiger partial charge is 0.487 e. The van der Waals surface area contributed by atoms with E-state index in [1.165, 1.54) is 11.1 Å². The number of amides is 2. The molecule has 0 spiro atoms. The van der Waals surface area contributed by atoms with Crippen molar-refractivity contribution in [3.8, 4) is 5.75 Å². The third-order valence-corrected chi connectivity index (χ3v) is 6.16. The first-order valence-electron chi connectivity index (χ1n) is 12.0. The second-order valence-corrected chi connectivity index (χ2v) is 8.90. The van der Waals surface area contributed by atoms with Gasteiger partial charge in [-0.3, -0.25) is 9.59 Å². The molecule has 2 N–H and O–H groups in total. The van der Waals surface area contributed by atoms with Gasteiger partial charge in [0.25, 0.3) is 0 Å². The van der Waals surface area contributed by atoms with E-state index in [1.807, 2.05) is 30.3 Å². The van der Waals surface area contributed by atoms with Gasteiger partial charge in [0.2, 0.25) is 11.8 Å². The van der Waals surface area contributed by atoms with Gasteiger partial charge in [-0.05, 0) is 36.6 Å². The predicted molar refractivity (Wildman–Crippen MR) is 136 cm³/mol. The molecule has 2 aromatic carbocycles. The Labute approximate surface area is 206 Å². The minimum absolute atomic E-state index is 0.0404. The average molecular weight is 473 g/mol. The smallest absolute Gasteiger partial charge is 0.247 e. The zero-order valence-electron chi connectivity index (χ0n) is 20.2. The zero-order chi connectivity index (χ0) is 24.6. The van der Waals surface area contributed by atoms with E-state index in [0.717, 1.165) is 18.4 Å². The Morgan fingerprint density at radius 1 is 1.09 bits per heavy atom. The number of carbonyl (C=O) groups excluding carboxylic acids is 2. The molecule has 0 radical (unpaired) electrons. The molecule has 1 saturated heterocycles. The lowest BCUT2D eigenvalue weighted by Gasteiger charge is -2.19. The maximum Gasteiger partial charge on any atom is 0.247 e. The van der Waals surface area contributed by atoms with E-state index in [1.54, 1.807) is 30.2 Å². The van der Waals surface area contributed by atoms with Gasteiger partial charge in [0, 0.05) is 26.4 Å². The SMILES string of the molecule is CC(=O)N1CC[C@@H](Oc2ccc(NC(=O)[C@@H](NCCc3ccc(C)cc3)c3ccccc3)nc2)C1. The molecule has 35 heavy (non-hydrogen) atoms. The number of anilines is 1. The molecule has 7 heteroatoms. The van der Waals surface area contributed by atoms with E-state index < -0.39 is 6.04 Å². The molecule has 1 aliphatic rings. The van der Waals surface area contributed by atoms with E-state index >= 15 is 0 Å². The van der Waals surface area contributed by atoms with Crippen LogP contribution in [-0.4, -0.2) is 47.4 Å². The van der Waals surface area contributed by atoms with E-state index in [-0.39, 0.29) is 17.9 Å². The number of ether oxygens (including phenoxy) is 1. The van der Waals surface area contributed by atoms with Crippen LogP contribution in [0.3, 0.4) is 0 Å². The summed E-state index contributed by atoms with van der Waals surface area (Å²) in [7, 11) is 0. The first kappa shape index (κ1) is 24.4. The molecule has 1 aliphatic heterocycles. The van der Waals surface area contributed by atoms with Crippen LogP contribution in [0.5, 0.6) is 5.75 Å². The van der Waals surface area contributed by atoms with Crippen molar-refractivity contribution in [1.29, 1.82) is 0 Å². The average Bonchev–Trinajstić information content (AvgIpc) is 3.34. The van der Waals surface area contributed by atoms with Crippen LogP contribution < -0.4 is 15.4 Å². The summed E-state index contributed by atoms with van der Waals surface area (Å²) >= 11 is 0. The minimum Gasteiger partial charge on any atom is -0.487 e. The maximum absolute atomic E-state index is 13.2. The van der Waals surface area contributed by atoms with Gasteiger partial charge in [-0.25, -0.2) is 4.98 Å². The molecule has 7 nitrogen and oxygen atoms in total. The highest BCUT2D eigenvalue weighted by molar-refractivity contribution is 5.94. The number of hydrogen-bond acceptors (Lipinski definition) is 5. The first-order valence-corrected chi connectivity index (χ1v) is 12.0.